The van der Waals surface area contributed by atoms with Gasteiger partial charge in [0.1, 0.15) is 5.82 Å². The largest absolute Gasteiger partial charge is 0.481 e. The molecule has 11 heteroatoms. The van der Waals surface area contributed by atoms with Gasteiger partial charge in [-0.15, -0.1) is 0 Å². The zero-order chi connectivity index (χ0) is 22.0. The molecule has 1 unspecified atom stereocenters. The molecule has 2 N–H and O–H groups in total. The number of rotatable bonds is 6. The van der Waals surface area contributed by atoms with Crippen LogP contribution >= 0.6 is 8.38 Å². The van der Waals surface area contributed by atoms with Crippen molar-refractivity contribution in [1.82, 2.24) is 14.8 Å². The molecule has 0 amide bonds. The average molecular weight is 450 g/mol. The Morgan fingerprint density at radius 1 is 1.32 bits per heavy atom. The highest BCUT2D eigenvalue weighted by atomic mass is 31.2. The van der Waals surface area contributed by atoms with Gasteiger partial charge in [0, 0.05) is 37.3 Å². The molecule has 168 valence electrons. The quantitative estimate of drug-likeness (QED) is 0.628. The van der Waals surface area contributed by atoms with Crippen LogP contribution in [0.25, 0.3) is 10.8 Å². The van der Waals surface area contributed by atoms with E-state index in [2.05, 4.69) is 10.1 Å². The highest BCUT2D eigenvalue weighted by molar-refractivity contribution is 7.45. The Morgan fingerprint density at radius 3 is 2.74 bits per heavy atom. The van der Waals surface area contributed by atoms with Gasteiger partial charge < -0.3 is 24.2 Å². The van der Waals surface area contributed by atoms with Crippen molar-refractivity contribution in [1.29, 1.82) is 0 Å². The fourth-order valence-corrected chi connectivity index (χ4v) is 4.85. The van der Waals surface area contributed by atoms with Gasteiger partial charge in [-0.1, -0.05) is 0 Å². The summed E-state index contributed by atoms with van der Waals surface area (Å²) in [6.45, 7) is 2.17. The summed E-state index contributed by atoms with van der Waals surface area (Å²) in [6, 6.07) is 1.65. The summed E-state index contributed by atoms with van der Waals surface area (Å²) >= 11 is 0. The van der Waals surface area contributed by atoms with E-state index in [1.165, 1.54) is 13.3 Å². The molecule has 0 radical (unpaired) electrons. The zero-order valence-electron chi connectivity index (χ0n) is 17.4. The summed E-state index contributed by atoms with van der Waals surface area (Å²) in [7, 11) is -0.345. The third-order valence-electron chi connectivity index (χ3n) is 6.07. The fraction of sp³-hybridized carbons (Fsp3) is 0.600. The number of fused-ring (bicyclic) bond motifs is 1. The molecular formula is C20H27N4O6P. The highest BCUT2D eigenvalue weighted by Gasteiger charge is 2.29. The van der Waals surface area contributed by atoms with Gasteiger partial charge in [0.15, 0.2) is 8.38 Å². The first kappa shape index (κ1) is 22.1. The highest BCUT2D eigenvalue weighted by Crippen LogP contribution is 2.33. The van der Waals surface area contributed by atoms with Crippen molar-refractivity contribution in [3.63, 3.8) is 0 Å². The molecule has 0 aliphatic carbocycles. The van der Waals surface area contributed by atoms with Crippen LogP contribution in [-0.2, 0) is 4.74 Å². The first-order valence-corrected chi connectivity index (χ1v) is 11.9. The van der Waals surface area contributed by atoms with Gasteiger partial charge >= 0.3 is 0 Å². The number of ether oxygens (including phenoxy) is 2. The van der Waals surface area contributed by atoms with Gasteiger partial charge in [0.05, 0.1) is 31.2 Å². The molecule has 0 spiro atoms. The lowest BCUT2D eigenvalue weighted by molar-refractivity contribution is 0.0792. The van der Waals surface area contributed by atoms with Gasteiger partial charge in [0.25, 0.3) is 11.5 Å². The van der Waals surface area contributed by atoms with Crippen LogP contribution in [0.2, 0.25) is 0 Å². The number of pyridine rings is 1. The van der Waals surface area contributed by atoms with E-state index in [1.807, 2.05) is 4.90 Å². The molecule has 2 fully saturated rings. The second-order valence-corrected chi connectivity index (χ2v) is 9.22. The molecule has 0 bridgehead atoms. The maximum Gasteiger partial charge on any atom is 0.285 e. The van der Waals surface area contributed by atoms with Crippen LogP contribution < -0.4 is 15.2 Å². The number of hydrogen-bond donors (Lipinski definition) is 2. The Bertz CT molecular complexity index is 999. The number of methoxy groups -OCH3 is 1. The van der Waals surface area contributed by atoms with E-state index in [-0.39, 0.29) is 11.8 Å². The van der Waals surface area contributed by atoms with Gasteiger partial charge in [0.2, 0.25) is 5.88 Å². The van der Waals surface area contributed by atoms with Gasteiger partial charge in [-0.05, 0) is 31.6 Å². The Labute approximate surface area is 180 Å². The summed E-state index contributed by atoms with van der Waals surface area (Å²) in [5.41, 5.74) is -0.479. The number of nitrogens with zero attached hydrogens (tertiary/aromatic N) is 4. The van der Waals surface area contributed by atoms with Crippen LogP contribution in [-0.4, -0.2) is 70.0 Å². The number of carbonyl (C=O) groups is 1. The summed E-state index contributed by atoms with van der Waals surface area (Å²) in [5, 5.41) is 5.05. The number of carbonyl (C=O) groups excluding carboxylic acids is 1. The average Bonchev–Trinajstić information content (AvgIpc) is 3.32. The standard InChI is InChI=1S/C20H27N4O6P/c1-29-16-10-15-11-21-24(19(25)14-4-8-30-12-14)20(26)17(15)18(22-16)23-6-2-13(3-7-23)5-9-31(27)28/h10-11,13-14,27-28H,2-9,12H2,1H3. The molecule has 4 heterocycles. The number of anilines is 1. The lowest BCUT2D eigenvalue weighted by Gasteiger charge is -2.33. The van der Waals surface area contributed by atoms with Crippen LogP contribution in [0.15, 0.2) is 17.1 Å². The van der Waals surface area contributed by atoms with Crippen molar-refractivity contribution < 1.29 is 24.1 Å². The lowest BCUT2D eigenvalue weighted by Crippen LogP contribution is -2.37. The molecule has 31 heavy (non-hydrogen) atoms. The van der Waals surface area contributed by atoms with Crippen molar-refractivity contribution >= 4 is 30.9 Å². The first-order valence-electron chi connectivity index (χ1n) is 10.5. The smallest absolute Gasteiger partial charge is 0.285 e. The van der Waals surface area contributed by atoms with E-state index in [9.17, 15) is 19.4 Å². The molecule has 2 saturated heterocycles. The topological polar surface area (TPSA) is 127 Å². The lowest BCUT2D eigenvalue weighted by atomic mass is 9.94. The summed E-state index contributed by atoms with van der Waals surface area (Å²) < 4.78 is 11.6. The normalized spacial score (nSPS) is 20.0. The van der Waals surface area contributed by atoms with E-state index in [4.69, 9.17) is 9.47 Å². The van der Waals surface area contributed by atoms with E-state index in [0.717, 1.165) is 23.9 Å². The third-order valence-corrected chi connectivity index (χ3v) is 6.73. The monoisotopic (exact) mass is 450 g/mol. The van der Waals surface area contributed by atoms with Crippen LogP contribution in [0.1, 0.15) is 30.5 Å². The van der Waals surface area contributed by atoms with Crippen molar-refractivity contribution in [3.8, 4) is 5.88 Å². The van der Waals surface area contributed by atoms with E-state index in [0.29, 0.717) is 67.3 Å². The third kappa shape index (κ3) is 4.72. The molecule has 4 rings (SSSR count). The van der Waals surface area contributed by atoms with Crippen molar-refractivity contribution in [2.45, 2.75) is 25.7 Å². The number of piperidine rings is 1. The number of aromatic nitrogens is 3. The summed E-state index contributed by atoms with van der Waals surface area (Å²) in [5.74, 6) is 0.562. The zero-order valence-corrected chi connectivity index (χ0v) is 18.3. The molecule has 1 atom stereocenters. The van der Waals surface area contributed by atoms with Crippen LogP contribution in [0.4, 0.5) is 5.82 Å². The Kier molecular flexibility index (Phi) is 6.81. The van der Waals surface area contributed by atoms with Crippen molar-refractivity contribution in [2.75, 3.05) is 44.5 Å². The minimum atomic E-state index is -1.86. The van der Waals surface area contributed by atoms with Gasteiger partial charge in [-0.25, -0.2) is 0 Å². The summed E-state index contributed by atoms with van der Waals surface area (Å²) in [4.78, 5) is 51.1. The second kappa shape index (κ2) is 9.56. The maximum absolute atomic E-state index is 13.3. The molecule has 0 aromatic carbocycles. The first-order chi connectivity index (χ1) is 15.0. The molecule has 2 aromatic heterocycles. The minimum Gasteiger partial charge on any atom is -0.481 e. The Hall–Kier alpha value is -2.13. The van der Waals surface area contributed by atoms with Crippen molar-refractivity contribution in [2.24, 2.45) is 11.8 Å². The molecule has 2 aliphatic heterocycles. The molecular weight excluding hydrogens is 423 g/mol. The van der Waals surface area contributed by atoms with Gasteiger partial charge in [-0.2, -0.15) is 14.8 Å². The predicted molar refractivity (Wildman–Crippen MR) is 116 cm³/mol. The Balaban J connectivity index is 1.66. The van der Waals surface area contributed by atoms with E-state index in [1.54, 1.807) is 6.07 Å². The second-order valence-electron chi connectivity index (χ2n) is 8.03. The van der Waals surface area contributed by atoms with E-state index >= 15 is 0 Å². The van der Waals surface area contributed by atoms with E-state index < -0.39 is 13.9 Å². The molecule has 10 nitrogen and oxygen atoms in total. The number of hydrogen-bond acceptors (Lipinski definition) is 9. The molecule has 0 saturated carbocycles. The molecule has 2 aromatic rings. The van der Waals surface area contributed by atoms with Crippen molar-refractivity contribution in [3.05, 3.63) is 22.6 Å². The predicted octanol–water partition coefficient (Wildman–Crippen LogP) is 1.38. The minimum absolute atomic E-state index is 0.302. The fourth-order valence-electron chi connectivity index (χ4n) is 4.25. The van der Waals surface area contributed by atoms with Crippen LogP contribution in [0.5, 0.6) is 5.88 Å². The van der Waals surface area contributed by atoms with Gasteiger partial charge in [-0.3, -0.25) is 9.59 Å². The SMILES string of the molecule is COc1cc2cnn(C(=O)C3CCOC3)c(=O)c2c(N2CCC(CCP(O)O)CC2)n1. The Morgan fingerprint density at radius 2 is 2.10 bits per heavy atom. The molecule has 2 aliphatic rings. The van der Waals surface area contributed by atoms with Crippen LogP contribution in [0.3, 0.4) is 0 Å². The van der Waals surface area contributed by atoms with Crippen LogP contribution in [0, 0.1) is 11.8 Å². The summed E-state index contributed by atoms with van der Waals surface area (Å²) in [6.07, 6.45) is 5.01. The maximum atomic E-state index is 13.3.